The summed E-state index contributed by atoms with van der Waals surface area (Å²) >= 11 is 0. The number of para-hydroxylation sites is 1. The van der Waals surface area contributed by atoms with Crippen LogP contribution in [-0.2, 0) is 14.8 Å². The van der Waals surface area contributed by atoms with Crippen molar-refractivity contribution < 1.29 is 27.5 Å². The Morgan fingerprint density at radius 1 is 1.16 bits per heavy atom. The van der Waals surface area contributed by atoms with E-state index < -0.39 is 26.7 Å². The third-order valence-corrected chi connectivity index (χ3v) is 6.94. The van der Waals surface area contributed by atoms with Gasteiger partial charge in [-0.3, -0.25) is 13.9 Å². The van der Waals surface area contributed by atoms with Gasteiger partial charge in [-0.1, -0.05) is 18.2 Å². The lowest BCUT2D eigenvalue weighted by atomic mass is 10.0. The van der Waals surface area contributed by atoms with Crippen molar-refractivity contribution in [3.8, 4) is 11.5 Å². The lowest BCUT2D eigenvalue weighted by molar-refractivity contribution is -0.112. The van der Waals surface area contributed by atoms with Crippen molar-refractivity contribution in [3.63, 3.8) is 0 Å². The highest BCUT2D eigenvalue weighted by molar-refractivity contribution is 7.97. The van der Waals surface area contributed by atoms with Gasteiger partial charge < -0.3 is 20.5 Å². The van der Waals surface area contributed by atoms with Crippen LogP contribution in [0.4, 0.5) is 11.4 Å². The highest BCUT2D eigenvalue weighted by atomic mass is 32.2. The molecule has 0 aromatic heterocycles. The van der Waals surface area contributed by atoms with Crippen LogP contribution in [0.1, 0.15) is 22.8 Å². The molecule has 2 aromatic carbocycles. The third kappa shape index (κ3) is 3.80. The van der Waals surface area contributed by atoms with E-state index in [4.69, 9.17) is 15.2 Å². The molecule has 3 rings (SSSR count). The summed E-state index contributed by atoms with van der Waals surface area (Å²) in [5, 5.41) is 2.51. The summed E-state index contributed by atoms with van der Waals surface area (Å²) in [4.78, 5) is 24.4. The molecule has 0 unspecified atom stereocenters. The van der Waals surface area contributed by atoms with Crippen LogP contribution in [-0.4, -0.2) is 41.0 Å². The Bertz CT molecular complexity index is 1250. The van der Waals surface area contributed by atoms with Crippen molar-refractivity contribution in [2.45, 2.75) is 6.92 Å². The van der Waals surface area contributed by atoms with Gasteiger partial charge in [-0.25, -0.2) is 8.42 Å². The fraction of sp³-hybridized carbons (Fsp3) is 0.182. The van der Waals surface area contributed by atoms with Gasteiger partial charge in [0.05, 0.1) is 37.7 Å². The first-order valence-corrected chi connectivity index (χ1v) is 10.9. The quantitative estimate of drug-likeness (QED) is 0.615. The Morgan fingerprint density at radius 2 is 1.78 bits per heavy atom. The van der Waals surface area contributed by atoms with Crippen molar-refractivity contribution >= 4 is 38.8 Å². The van der Waals surface area contributed by atoms with Gasteiger partial charge in [0.1, 0.15) is 0 Å². The largest absolute Gasteiger partial charge is 0.493 e. The number of hydrogen-bond acceptors (Lipinski definition) is 6. The zero-order valence-electron chi connectivity index (χ0n) is 17.8. The number of rotatable bonds is 7. The zero-order chi connectivity index (χ0) is 23.6. The highest BCUT2D eigenvalue weighted by Gasteiger charge is 2.40. The Balaban J connectivity index is 2.22. The number of fused-ring (bicyclic) bond motifs is 1. The van der Waals surface area contributed by atoms with Crippen LogP contribution in [0, 0.1) is 0 Å². The number of nitrogens with one attached hydrogen (secondary N) is 1. The second-order valence-electron chi connectivity index (χ2n) is 6.87. The lowest BCUT2D eigenvalue weighted by Gasteiger charge is -2.32. The number of primary amides is 1. The molecule has 0 saturated heterocycles. The van der Waals surface area contributed by atoms with Crippen molar-refractivity contribution in [1.29, 1.82) is 0 Å². The molecule has 2 amide bonds. The molecular formula is C22H23N3O6S. The van der Waals surface area contributed by atoms with Crippen LogP contribution >= 0.6 is 0 Å². The second kappa shape index (κ2) is 8.75. The summed E-state index contributed by atoms with van der Waals surface area (Å²) in [7, 11) is -1.37. The molecule has 1 aliphatic rings. The molecule has 0 radical (unpaired) electrons. The van der Waals surface area contributed by atoms with Crippen LogP contribution < -0.4 is 24.8 Å². The van der Waals surface area contributed by atoms with Crippen LogP contribution in [0.25, 0.3) is 5.57 Å². The minimum Gasteiger partial charge on any atom is -0.493 e. The van der Waals surface area contributed by atoms with E-state index in [0.29, 0.717) is 22.7 Å². The molecule has 0 aliphatic carbocycles. The molecule has 2 aromatic rings. The van der Waals surface area contributed by atoms with Gasteiger partial charge in [0.15, 0.2) is 16.4 Å². The zero-order valence-corrected chi connectivity index (χ0v) is 18.7. The standard InChI is InChI=1S/C22H23N3O6S/c1-5-10-25-17-12-19(31-4)18(30-3)11-15(17)13(2)20(32(25,28)29)22(27)24-16-9-7-6-8-14(16)21(23)26/h5-9,11-12H,1,10H2,2-4H3,(H2,23,26)(H,24,27). The number of carbonyl (C=O) groups excluding carboxylic acids is 2. The average Bonchev–Trinajstić information content (AvgIpc) is 2.75. The molecule has 32 heavy (non-hydrogen) atoms. The molecule has 0 atom stereocenters. The fourth-order valence-electron chi connectivity index (χ4n) is 3.52. The Morgan fingerprint density at radius 3 is 2.38 bits per heavy atom. The summed E-state index contributed by atoms with van der Waals surface area (Å²) in [5.74, 6) is -0.937. The summed E-state index contributed by atoms with van der Waals surface area (Å²) in [5.41, 5.74) is 6.56. The van der Waals surface area contributed by atoms with Crippen molar-refractivity contribution in [2.75, 3.05) is 30.4 Å². The van der Waals surface area contributed by atoms with Gasteiger partial charge in [-0.15, -0.1) is 6.58 Å². The number of nitrogens with two attached hydrogens (primary N) is 1. The fourth-order valence-corrected chi connectivity index (χ4v) is 5.23. The summed E-state index contributed by atoms with van der Waals surface area (Å²) in [6.45, 7) is 5.08. The number of allylic oxidation sites excluding steroid dienone is 1. The van der Waals surface area contributed by atoms with E-state index in [0.717, 1.165) is 4.31 Å². The maximum absolute atomic E-state index is 13.5. The topological polar surface area (TPSA) is 128 Å². The molecule has 168 valence electrons. The molecule has 10 heteroatoms. The second-order valence-corrected chi connectivity index (χ2v) is 8.67. The molecule has 0 bridgehead atoms. The highest BCUT2D eigenvalue weighted by Crippen LogP contribution is 2.45. The van der Waals surface area contributed by atoms with Crippen molar-refractivity contribution in [1.82, 2.24) is 0 Å². The van der Waals surface area contributed by atoms with E-state index in [2.05, 4.69) is 11.9 Å². The number of carbonyl (C=O) groups is 2. The summed E-state index contributed by atoms with van der Waals surface area (Å²) < 4.78 is 38.7. The minimum absolute atomic E-state index is 0.0575. The molecule has 9 nitrogen and oxygen atoms in total. The maximum atomic E-state index is 13.5. The van der Waals surface area contributed by atoms with Gasteiger partial charge in [-0.2, -0.15) is 0 Å². The van der Waals surface area contributed by atoms with E-state index in [1.54, 1.807) is 18.2 Å². The molecule has 3 N–H and O–H groups in total. The number of anilines is 2. The SMILES string of the molecule is C=CCN1c2cc(OC)c(OC)cc2C(C)=C(C(=O)Nc2ccccc2C(N)=O)S1(=O)=O. The summed E-state index contributed by atoms with van der Waals surface area (Å²) in [6.07, 6.45) is 1.41. The van der Waals surface area contributed by atoms with E-state index >= 15 is 0 Å². The average molecular weight is 458 g/mol. The number of benzene rings is 2. The molecule has 1 aliphatic heterocycles. The first kappa shape index (κ1) is 22.9. The van der Waals surface area contributed by atoms with Crippen molar-refractivity contribution in [2.24, 2.45) is 5.73 Å². The van der Waals surface area contributed by atoms with Crippen molar-refractivity contribution in [3.05, 3.63) is 65.1 Å². The molecule has 0 fully saturated rings. The molecular weight excluding hydrogens is 434 g/mol. The molecule has 0 saturated carbocycles. The van der Waals surface area contributed by atoms with Gasteiger partial charge in [-0.05, 0) is 30.7 Å². The smallest absolute Gasteiger partial charge is 0.270 e. The third-order valence-electron chi connectivity index (χ3n) is 5.01. The number of ether oxygens (including phenoxy) is 2. The van der Waals surface area contributed by atoms with Crippen LogP contribution in [0.5, 0.6) is 11.5 Å². The Labute approximate surface area is 186 Å². The van der Waals surface area contributed by atoms with Crippen LogP contribution in [0.15, 0.2) is 54.0 Å². The summed E-state index contributed by atoms with van der Waals surface area (Å²) in [6, 6.07) is 9.22. The first-order valence-electron chi connectivity index (χ1n) is 9.48. The maximum Gasteiger partial charge on any atom is 0.270 e. The first-order chi connectivity index (χ1) is 15.2. The van der Waals surface area contributed by atoms with E-state index in [-0.39, 0.29) is 23.4 Å². The number of sulfonamides is 1. The van der Waals surface area contributed by atoms with Crippen LogP contribution in [0.2, 0.25) is 0 Å². The number of amides is 2. The van der Waals surface area contributed by atoms with E-state index in [9.17, 15) is 18.0 Å². The molecule has 1 heterocycles. The van der Waals surface area contributed by atoms with Gasteiger partial charge in [0, 0.05) is 11.6 Å². The molecule has 0 spiro atoms. The van der Waals surface area contributed by atoms with E-state index in [1.807, 2.05) is 0 Å². The lowest BCUT2D eigenvalue weighted by Crippen LogP contribution is -2.39. The Kier molecular flexibility index (Phi) is 6.26. The van der Waals surface area contributed by atoms with E-state index in [1.165, 1.54) is 45.4 Å². The predicted octanol–water partition coefficient (Wildman–Crippen LogP) is 2.51. The minimum atomic E-state index is -4.27. The Hall–Kier alpha value is -3.79. The van der Waals surface area contributed by atoms with Crippen LogP contribution in [0.3, 0.4) is 0 Å². The number of hydrogen-bond donors (Lipinski definition) is 2. The normalized spacial score (nSPS) is 14.4. The predicted molar refractivity (Wildman–Crippen MR) is 122 cm³/mol. The number of methoxy groups -OCH3 is 2. The monoisotopic (exact) mass is 457 g/mol. The van der Waals surface area contributed by atoms with Gasteiger partial charge in [0.25, 0.3) is 21.8 Å². The van der Waals surface area contributed by atoms with Gasteiger partial charge in [0.2, 0.25) is 0 Å². The van der Waals surface area contributed by atoms with Gasteiger partial charge >= 0.3 is 0 Å². The number of nitrogens with zero attached hydrogens (tertiary/aromatic N) is 1.